The third-order valence-electron chi connectivity index (χ3n) is 24.8. The van der Waals surface area contributed by atoms with Crippen molar-refractivity contribution in [1.82, 2.24) is 51.5 Å². The van der Waals surface area contributed by atoms with Gasteiger partial charge in [0.05, 0.1) is 18.1 Å². The Morgan fingerprint density at radius 3 is 0.977 bits per heavy atom. The number of hydrogen-bond donors (Lipinski definition) is 13. The van der Waals surface area contributed by atoms with Crippen LogP contribution in [0.1, 0.15) is 140 Å². The number of nitrogens with one attached hydrogen (secondary N) is 6. The number of phenols is 1. The highest BCUT2D eigenvalue weighted by molar-refractivity contribution is 6.01. The Morgan fingerprint density at radius 2 is 0.647 bits per heavy atom. The zero-order valence-electron chi connectivity index (χ0n) is 75.8. The van der Waals surface area contributed by atoms with Crippen LogP contribution < -0.4 is 66.3 Å². The number of anilines is 1. The maximum atomic E-state index is 14.1. The number of phenolic OH excluding ortho intramolecular Hbond substituents is 1. The Balaban J connectivity index is 0.000000169. The Bertz CT molecular complexity index is 5550. The number of hydrogen-bond acceptors (Lipinski definition) is 14. The van der Waals surface area contributed by atoms with Crippen molar-refractivity contribution in [3.8, 4) is 5.75 Å². The number of aromatic hydroxyl groups is 1. The summed E-state index contributed by atoms with van der Waals surface area (Å²) >= 11 is 0. The van der Waals surface area contributed by atoms with Crippen molar-refractivity contribution in [2.24, 2.45) is 43.6 Å². The molecule has 6 atom stereocenters. The van der Waals surface area contributed by atoms with Gasteiger partial charge in [-0.3, -0.25) is 43.7 Å². The first-order chi connectivity index (χ1) is 64.6. The minimum Gasteiger partial charge on any atom is -0.508 e. The van der Waals surface area contributed by atoms with Gasteiger partial charge in [-0.2, -0.15) is 0 Å². The molecule has 12 aromatic carbocycles. The molecule has 3 aliphatic rings. The molecule has 0 unspecified atom stereocenters. The molecule has 19 N–H and O–H groups in total. The molecule has 26 heteroatoms. The number of carbonyl (C=O) groups excluding carboxylic acids is 6. The molecule has 0 aliphatic carbocycles. The molecule has 0 saturated carbocycles. The van der Waals surface area contributed by atoms with Gasteiger partial charge in [-0.1, -0.05) is 237 Å². The maximum Gasteiger partial charge on any atom is 0.251 e. The zero-order valence-corrected chi connectivity index (χ0v) is 75.8. The maximum absolute atomic E-state index is 14.1. The van der Waals surface area contributed by atoms with E-state index < -0.39 is 18.1 Å². The molecule has 6 amide bonds. The molecular weight excluding hydrogens is 1660 g/mol. The van der Waals surface area contributed by atoms with E-state index in [0.717, 1.165) is 61.0 Å². The first-order valence-corrected chi connectivity index (χ1v) is 46.0. The molecule has 0 aromatic heterocycles. The van der Waals surface area contributed by atoms with Gasteiger partial charge in [0.25, 0.3) is 17.7 Å². The number of nitrogens with two attached hydrogens (primary N) is 6. The number of amides is 6. The highest BCUT2D eigenvalue weighted by Crippen LogP contribution is 2.33. The van der Waals surface area contributed by atoms with Gasteiger partial charge in [-0.25, -0.2) is 0 Å². The lowest BCUT2D eigenvalue weighted by Crippen LogP contribution is -2.49. The number of rotatable bonds is 33. The number of aliphatic imine (C=N–C) groups is 3. The van der Waals surface area contributed by atoms with Crippen molar-refractivity contribution >= 4 is 91.3 Å². The molecule has 0 spiro atoms. The fourth-order valence-corrected chi connectivity index (χ4v) is 17.6. The van der Waals surface area contributed by atoms with Crippen molar-refractivity contribution in [1.29, 1.82) is 0 Å². The van der Waals surface area contributed by atoms with Gasteiger partial charge in [0.1, 0.15) is 5.75 Å². The third kappa shape index (κ3) is 28.0. The van der Waals surface area contributed by atoms with Crippen LogP contribution in [0.15, 0.2) is 312 Å². The Morgan fingerprint density at radius 1 is 0.368 bits per heavy atom. The SMILES string of the molecule is CN(C)C(N)=NCCC[C@@H]1N[C@H](CNC(=O)c2ccc3ccccc3c2)CCN(CC(c2ccccc2)c2ccccc2)C1=O.NC(N)=NCCC[C@@H]1N[C@H](CNC(=O)c2ccc3cc(N)ccc3c2)CCN(CC(c2ccccc2)c2ccccc2)C1=O.NC(N)=NCCC[C@@H]1N[C@H](CNC(=O)c2ccc3cc(O)ccc3c2)CCN(CC(c2ccccc2)c2ccccc2)C1=O. The summed E-state index contributed by atoms with van der Waals surface area (Å²) in [5, 5.41) is 35.5. The quantitative estimate of drug-likeness (QED) is 0.00786. The number of nitrogens with zero attached hydrogens (tertiary/aromatic N) is 7. The summed E-state index contributed by atoms with van der Waals surface area (Å²) in [6, 6.07) is 95.9. The van der Waals surface area contributed by atoms with Crippen LogP contribution in [0.5, 0.6) is 5.75 Å². The predicted octanol–water partition coefficient (Wildman–Crippen LogP) is 11.9. The molecule has 12 aromatic rings. The Kier molecular flexibility index (Phi) is 35.0. The first kappa shape index (κ1) is 96.1. The lowest BCUT2D eigenvalue weighted by atomic mass is 9.90. The van der Waals surface area contributed by atoms with Crippen LogP contribution in [-0.4, -0.2) is 207 Å². The summed E-state index contributed by atoms with van der Waals surface area (Å²) in [5.74, 6) is 0.541. The van der Waals surface area contributed by atoms with Crippen LogP contribution in [0.3, 0.4) is 0 Å². The van der Waals surface area contributed by atoms with Crippen molar-refractivity contribution in [2.45, 2.75) is 112 Å². The molecule has 0 radical (unpaired) electrons. The van der Waals surface area contributed by atoms with Gasteiger partial charge in [-0.05, 0) is 184 Å². The van der Waals surface area contributed by atoms with Crippen LogP contribution in [0, 0.1) is 0 Å². The van der Waals surface area contributed by atoms with E-state index in [1.165, 1.54) is 11.1 Å². The lowest BCUT2D eigenvalue weighted by molar-refractivity contribution is -0.133. The van der Waals surface area contributed by atoms with E-state index in [2.05, 4.69) is 120 Å². The Labute approximate surface area is 779 Å². The van der Waals surface area contributed by atoms with Crippen molar-refractivity contribution < 1.29 is 33.9 Å². The van der Waals surface area contributed by atoms with E-state index in [0.29, 0.717) is 158 Å². The molecule has 3 fully saturated rings. The van der Waals surface area contributed by atoms with Gasteiger partial charge < -0.3 is 91.0 Å². The van der Waals surface area contributed by atoms with Crippen molar-refractivity contribution in [2.75, 3.05) is 98.4 Å². The van der Waals surface area contributed by atoms with E-state index in [-0.39, 0.29) is 89.0 Å². The van der Waals surface area contributed by atoms with Gasteiger partial charge >= 0.3 is 0 Å². The predicted molar refractivity (Wildman–Crippen MR) is 534 cm³/mol. The normalized spacial score (nSPS) is 17.1. The molecule has 3 aliphatic heterocycles. The third-order valence-corrected chi connectivity index (χ3v) is 24.8. The van der Waals surface area contributed by atoms with Crippen LogP contribution in [0.25, 0.3) is 32.3 Å². The van der Waals surface area contributed by atoms with Crippen LogP contribution in [-0.2, 0) is 14.4 Å². The van der Waals surface area contributed by atoms with E-state index in [4.69, 9.17) is 34.4 Å². The first-order valence-electron chi connectivity index (χ1n) is 46.0. The smallest absolute Gasteiger partial charge is 0.251 e. The highest BCUT2D eigenvalue weighted by Gasteiger charge is 2.37. The summed E-state index contributed by atoms with van der Waals surface area (Å²) in [5.41, 5.74) is 43.4. The number of nitrogen functional groups attached to an aromatic ring is 1. The summed E-state index contributed by atoms with van der Waals surface area (Å²) in [6.07, 6.45) is 5.87. The molecule has 0 bridgehead atoms. The topological polar surface area (TPSA) is 401 Å². The summed E-state index contributed by atoms with van der Waals surface area (Å²) in [6.45, 7) is 6.02. The highest BCUT2D eigenvalue weighted by atomic mass is 16.3. The standard InChI is InChI=1S/C37H44N6O2.C35H41N7O2.C35H40N6O3/c1-42(2)37(38)39-22-11-18-34-36(45)43(26-33(28-13-5-3-6-14-28)29-15-7-4-8-16-29)23-21-32(41-34)25-40-35(44)31-20-19-27-12-9-10-17-30(27)24-31;36-29-16-15-26-20-28(14-13-27(26)21-29)33(43)40-22-30-17-19-42(34(44)32(41-30)12-7-18-39-35(37)38)23-31(24-8-3-1-4-9-24)25-10-5-2-6-11-25;36-35(37)38-18-7-12-32-34(44)41(23-31(24-8-3-1-4-9-24)25-10-5-2-6-11-25)19-17-29(40-32)22-39-33(43)28-14-13-27-21-30(42)16-15-26(27)20-28/h3-10,12-17,19-20,24,32-34,41H,11,18,21-23,25-26H2,1-2H3,(H2,38,39)(H,40,44);1-6,8-11,13-16,20-21,30-32,41H,7,12,17-19,22-23,36H2,(H,40,43)(H4,37,38,39);1-6,8-11,13-16,20-21,29,31-32,40,42H,7,12,17-19,22-23H2,(H,39,43)(H4,36,37,38)/t32-,34-;30-,32-;29-,32-/m000/s1. The van der Waals surface area contributed by atoms with Crippen LogP contribution in [0.4, 0.5) is 5.69 Å². The second kappa shape index (κ2) is 48.4. The van der Waals surface area contributed by atoms with Gasteiger partial charge in [-0.15, -0.1) is 0 Å². The summed E-state index contributed by atoms with van der Waals surface area (Å²) < 4.78 is 0. The number of carbonyl (C=O) groups is 6. The van der Waals surface area contributed by atoms with Gasteiger partial charge in [0.2, 0.25) is 17.7 Å². The van der Waals surface area contributed by atoms with Gasteiger partial charge in [0, 0.05) is 151 Å². The lowest BCUT2D eigenvalue weighted by Gasteiger charge is -2.29. The monoisotopic (exact) mass is 1790 g/mol. The average molecular weight is 1790 g/mol. The largest absolute Gasteiger partial charge is 0.508 e. The van der Waals surface area contributed by atoms with Crippen LogP contribution >= 0.6 is 0 Å². The van der Waals surface area contributed by atoms with Gasteiger partial charge in [0.15, 0.2) is 17.9 Å². The second-order valence-electron chi connectivity index (χ2n) is 34.5. The molecule has 3 saturated heterocycles. The minimum absolute atomic E-state index is 0.0229. The summed E-state index contributed by atoms with van der Waals surface area (Å²) in [4.78, 5) is 102. The number of fused-ring (bicyclic) bond motifs is 3. The minimum atomic E-state index is -0.436. The zero-order chi connectivity index (χ0) is 93.4. The van der Waals surface area contributed by atoms with E-state index in [9.17, 15) is 33.9 Å². The van der Waals surface area contributed by atoms with E-state index in [1.54, 1.807) is 29.2 Å². The fraction of sp³-hybridized carbons (Fsp3) is 0.299. The molecule has 690 valence electrons. The van der Waals surface area contributed by atoms with E-state index >= 15 is 0 Å². The molecule has 26 nitrogen and oxygen atoms in total. The van der Waals surface area contributed by atoms with Crippen molar-refractivity contribution in [3.63, 3.8) is 0 Å². The van der Waals surface area contributed by atoms with Crippen molar-refractivity contribution in [3.05, 3.63) is 347 Å². The summed E-state index contributed by atoms with van der Waals surface area (Å²) in [7, 11) is 3.72. The average Bonchev–Trinajstić information content (AvgIpc) is 1.42. The molecule has 15 rings (SSSR count). The second-order valence-corrected chi connectivity index (χ2v) is 34.5. The molecular formula is C107H125N19O7. The van der Waals surface area contributed by atoms with E-state index in [1.807, 2.05) is 229 Å². The number of guanidine groups is 3. The molecule has 133 heavy (non-hydrogen) atoms. The van der Waals surface area contributed by atoms with Crippen LogP contribution in [0.2, 0.25) is 0 Å². The number of benzene rings is 12. The fourth-order valence-electron chi connectivity index (χ4n) is 17.6. The molecule has 3 heterocycles. The Hall–Kier alpha value is -14.5.